The molecule has 3 aromatic carbocycles. The normalized spacial score (nSPS) is 21.1. The van der Waals surface area contributed by atoms with Crippen LogP contribution in [0, 0.1) is 0 Å². The lowest BCUT2D eigenvalue weighted by atomic mass is 9.94. The highest BCUT2D eigenvalue weighted by molar-refractivity contribution is 6.06. The summed E-state index contributed by atoms with van der Waals surface area (Å²) in [5, 5.41) is 2.79. The third-order valence-corrected chi connectivity index (χ3v) is 7.54. The lowest BCUT2D eigenvalue weighted by Gasteiger charge is -2.34. The Morgan fingerprint density at radius 3 is 2.05 bits per heavy atom. The van der Waals surface area contributed by atoms with Gasteiger partial charge in [0, 0.05) is 5.56 Å². The van der Waals surface area contributed by atoms with Gasteiger partial charge in [-0.25, -0.2) is 24.5 Å². The Bertz CT molecular complexity index is 1800. The van der Waals surface area contributed by atoms with Gasteiger partial charge in [-0.05, 0) is 49.7 Å². The number of anilines is 1. The highest BCUT2D eigenvalue weighted by Crippen LogP contribution is 2.45. The van der Waals surface area contributed by atoms with E-state index in [0.29, 0.717) is 34.3 Å². The van der Waals surface area contributed by atoms with E-state index in [0.717, 1.165) is 0 Å². The van der Waals surface area contributed by atoms with E-state index in [1.54, 1.807) is 96.4 Å². The van der Waals surface area contributed by atoms with Gasteiger partial charge in [0.25, 0.3) is 5.91 Å². The van der Waals surface area contributed by atoms with Crippen molar-refractivity contribution in [3.05, 3.63) is 120 Å². The predicted molar refractivity (Wildman–Crippen MR) is 160 cm³/mol. The summed E-state index contributed by atoms with van der Waals surface area (Å²) in [4.78, 5) is 52.8. The number of carbonyl (C=O) groups excluding carboxylic acids is 3. The molecule has 1 saturated heterocycles. The first-order valence-corrected chi connectivity index (χ1v) is 14.1. The second kappa shape index (κ2) is 12.1. The zero-order valence-electron chi connectivity index (χ0n) is 24.0. The van der Waals surface area contributed by atoms with E-state index in [4.69, 9.17) is 14.2 Å². The van der Waals surface area contributed by atoms with Crippen LogP contribution in [-0.2, 0) is 14.2 Å². The Hall–Kier alpha value is -5.42. The molecule has 1 unspecified atom stereocenters. The summed E-state index contributed by atoms with van der Waals surface area (Å²) in [6.45, 7) is 3.56. The Labute approximate surface area is 252 Å². The summed E-state index contributed by atoms with van der Waals surface area (Å²) in [7, 11) is 0. The summed E-state index contributed by atoms with van der Waals surface area (Å²) in [6.07, 6.45) is 0.582. The summed E-state index contributed by atoms with van der Waals surface area (Å²) >= 11 is 0. The summed E-state index contributed by atoms with van der Waals surface area (Å²) < 4.78 is 20.3. The van der Waals surface area contributed by atoms with E-state index >= 15 is 0 Å². The van der Waals surface area contributed by atoms with E-state index < -0.39 is 36.0 Å². The van der Waals surface area contributed by atoms with Crippen molar-refractivity contribution in [2.24, 2.45) is 0 Å². The fourth-order valence-corrected chi connectivity index (χ4v) is 5.31. The summed E-state index contributed by atoms with van der Waals surface area (Å²) in [5.74, 6) is -1.36. The third kappa shape index (κ3) is 5.40. The van der Waals surface area contributed by atoms with Crippen LogP contribution in [0.2, 0.25) is 0 Å². The zero-order valence-corrected chi connectivity index (χ0v) is 24.0. The molecule has 1 fully saturated rings. The van der Waals surface area contributed by atoms with Gasteiger partial charge < -0.3 is 19.5 Å². The molecule has 1 aliphatic rings. The average molecular weight is 592 g/mol. The molecule has 2 aromatic heterocycles. The highest BCUT2D eigenvalue weighted by Gasteiger charge is 2.59. The third-order valence-electron chi connectivity index (χ3n) is 7.54. The van der Waals surface area contributed by atoms with Crippen molar-refractivity contribution in [2.45, 2.75) is 44.3 Å². The number of benzene rings is 3. The fourth-order valence-electron chi connectivity index (χ4n) is 5.31. The maximum atomic E-state index is 13.5. The van der Waals surface area contributed by atoms with E-state index in [-0.39, 0.29) is 11.7 Å². The lowest BCUT2D eigenvalue weighted by Crippen LogP contribution is -2.49. The molecule has 222 valence electrons. The topological polar surface area (TPSA) is 135 Å². The second-order valence-electron chi connectivity index (χ2n) is 10.4. The molecule has 11 heteroatoms. The molecule has 0 spiro atoms. The molecule has 1 amide bonds. The minimum Gasteiger partial charge on any atom is -0.452 e. The monoisotopic (exact) mass is 591 g/mol. The van der Waals surface area contributed by atoms with Gasteiger partial charge in [0.2, 0.25) is 0 Å². The van der Waals surface area contributed by atoms with Crippen molar-refractivity contribution in [1.29, 1.82) is 0 Å². The molecule has 0 saturated carbocycles. The Balaban J connectivity index is 1.39. The van der Waals surface area contributed by atoms with Gasteiger partial charge in [-0.2, -0.15) is 0 Å². The number of ether oxygens (including phenoxy) is 3. The molecule has 6 rings (SSSR count). The molecule has 44 heavy (non-hydrogen) atoms. The maximum Gasteiger partial charge on any atom is 0.338 e. The van der Waals surface area contributed by atoms with Gasteiger partial charge in [-0.15, -0.1) is 0 Å². The minimum atomic E-state index is -1.52. The summed E-state index contributed by atoms with van der Waals surface area (Å²) in [6, 6.07) is 25.8. The van der Waals surface area contributed by atoms with Gasteiger partial charge in [0.05, 0.1) is 17.5 Å². The molecule has 3 heterocycles. The molecule has 1 aliphatic heterocycles. The van der Waals surface area contributed by atoms with Gasteiger partial charge in [-0.3, -0.25) is 9.36 Å². The van der Waals surface area contributed by atoms with Crippen LogP contribution >= 0.6 is 0 Å². The zero-order chi connectivity index (χ0) is 30.7. The molecular formula is C33H29N5O6. The Morgan fingerprint density at radius 2 is 1.43 bits per heavy atom. The van der Waals surface area contributed by atoms with Crippen LogP contribution in [0.5, 0.6) is 0 Å². The fraction of sp³-hybridized carbons (Fsp3) is 0.212. The van der Waals surface area contributed by atoms with E-state index in [9.17, 15) is 14.4 Å². The average Bonchev–Trinajstić information content (AvgIpc) is 3.61. The molecule has 5 aromatic rings. The number of esters is 2. The van der Waals surface area contributed by atoms with Gasteiger partial charge in [0.15, 0.2) is 34.9 Å². The van der Waals surface area contributed by atoms with Crippen LogP contribution in [0.25, 0.3) is 11.2 Å². The Morgan fingerprint density at radius 1 is 0.841 bits per heavy atom. The minimum absolute atomic E-state index is 0.197. The molecule has 0 radical (unpaired) electrons. The van der Waals surface area contributed by atoms with Gasteiger partial charge in [0.1, 0.15) is 12.4 Å². The second-order valence-corrected chi connectivity index (χ2v) is 10.4. The lowest BCUT2D eigenvalue weighted by molar-refractivity contribution is -0.108. The van der Waals surface area contributed by atoms with E-state index in [1.165, 1.54) is 12.7 Å². The van der Waals surface area contributed by atoms with Crippen LogP contribution < -0.4 is 5.32 Å². The number of amides is 1. The standard InChI is InChI=1S/C33H29N5O6/c1-3-24-26(43-30(40)22-15-9-5-10-16-22)33(2,44-31(41)23-17-11-6-12-18-23)32(42-24)38-20-36-25-27(34-19-35-28(25)38)37-29(39)21-13-7-4-8-14-21/h4-20,24,26,32H,3H2,1-2H3,(H,34,35,37,39)/t24-,26?,32-,33-/m1/s1. The van der Waals surface area contributed by atoms with Crippen molar-refractivity contribution < 1.29 is 28.6 Å². The molecule has 0 aliphatic carbocycles. The van der Waals surface area contributed by atoms with E-state index in [2.05, 4.69) is 20.3 Å². The van der Waals surface area contributed by atoms with Crippen LogP contribution in [0.15, 0.2) is 104 Å². The van der Waals surface area contributed by atoms with Crippen molar-refractivity contribution in [3.63, 3.8) is 0 Å². The largest absolute Gasteiger partial charge is 0.452 e. The number of aromatic nitrogens is 4. The number of hydrogen-bond donors (Lipinski definition) is 1. The number of fused-ring (bicyclic) bond motifs is 1. The highest BCUT2D eigenvalue weighted by atomic mass is 16.7. The number of nitrogens with one attached hydrogen (secondary N) is 1. The van der Waals surface area contributed by atoms with Crippen molar-refractivity contribution in [1.82, 2.24) is 19.5 Å². The summed E-state index contributed by atoms with van der Waals surface area (Å²) in [5.41, 5.74) is 0.220. The van der Waals surface area contributed by atoms with Crippen molar-refractivity contribution in [2.75, 3.05) is 5.32 Å². The SMILES string of the molecule is CC[C@H]1O[C@@H](n2cnc3c(NC(=O)c4ccccc4)ncnc32)[C@](C)(OC(=O)c2ccccc2)C1OC(=O)c1ccccc1. The maximum absolute atomic E-state index is 13.5. The van der Waals surface area contributed by atoms with Gasteiger partial charge >= 0.3 is 11.9 Å². The van der Waals surface area contributed by atoms with Gasteiger partial charge in [-0.1, -0.05) is 61.5 Å². The van der Waals surface area contributed by atoms with Crippen LogP contribution in [0.3, 0.4) is 0 Å². The van der Waals surface area contributed by atoms with E-state index in [1.807, 2.05) is 13.0 Å². The quantitative estimate of drug-likeness (QED) is 0.241. The molecule has 11 nitrogen and oxygen atoms in total. The first-order valence-electron chi connectivity index (χ1n) is 14.1. The van der Waals surface area contributed by atoms with Crippen LogP contribution in [0.1, 0.15) is 57.6 Å². The number of imidazole rings is 1. The molecular weight excluding hydrogens is 562 g/mol. The molecule has 0 bridgehead atoms. The first kappa shape index (κ1) is 28.7. The smallest absolute Gasteiger partial charge is 0.338 e. The van der Waals surface area contributed by atoms with Crippen molar-refractivity contribution >= 4 is 34.8 Å². The number of carbonyl (C=O) groups is 3. The van der Waals surface area contributed by atoms with Crippen molar-refractivity contribution in [3.8, 4) is 0 Å². The number of nitrogens with zero attached hydrogens (tertiary/aromatic N) is 4. The van der Waals surface area contributed by atoms with Crippen LogP contribution in [0.4, 0.5) is 5.82 Å². The molecule has 4 atom stereocenters. The van der Waals surface area contributed by atoms with Crippen LogP contribution in [-0.4, -0.2) is 55.2 Å². The number of rotatable bonds is 8. The first-order chi connectivity index (χ1) is 21.4. The number of hydrogen-bond acceptors (Lipinski definition) is 9. The molecule has 1 N–H and O–H groups in total. The predicted octanol–water partition coefficient (Wildman–Crippen LogP) is 5.23. The Kier molecular flexibility index (Phi) is 7.86.